The fourth-order valence-electron chi connectivity index (χ4n) is 3.18. The van der Waals surface area contributed by atoms with Gasteiger partial charge in [-0.3, -0.25) is 4.57 Å². The van der Waals surface area contributed by atoms with E-state index >= 15 is 0 Å². The number of fused-ring (bicyclic) bond motifs is 3. The van der Waals surface area contributed by atoms with Gasteiger partial charge in [-0.05, 0) is 43.2 Å². The maximum Gasteiger partial charge on any atom is 0.187 e. The van der Waals surface area contributed by atoms with Gasteiger partial charge in [0.2, 0.25) is 0 Å². The van der Waals surface area contributed by atoms with Crippen LogP contribution in [0.4, 0.5) is 5.69 Å². The molecule has 4 rings (SSSR count). The maximum absolute atomic E-state index is 4.64. The van der Waals surface area contributed by atoms with E-state index in [-0.39, 0.29) is 5.92 Å². The van der Waals surface area contributed by atoms with Crippen LogP contribution in [0.1, 0.15) is 36.8 Å². The molecule has 0 radical (unpaired) electrons. The largest absolute Gasteiger partial charge is 0.383 e. The molecule has 0 bridgehead atoms. The second-order valence-electron chi connectivity index (χ2n) is 6.37. The summed E-state index contributed by atoms with van der Waals surface area (Å²) in [6.45, 7) is 7.19. The maximum atomic E-state index is 4.64. The lowest BCUT2D eigenvalue weighted by Crippen LogP contribution is -2.09. The average molecular weight is 319 g/mol. The third-order valence-electron chi connectivity index (χ3n) is 4.56. The minimum absolute atomic E-state index is 0.272. The van der Waals surface area contributed by atoms with Crippen molar-refractivity contribution >= 4 is 5.69 Å². The Morgan fingerprint density at radius 3 is 2.88 bits per heavy atom. The number of rotatable bonds is 2. The van der Waals surface area contributed by atoms with E-state index in [9.17, 15) is 0 Å². The van der Waals surface area contributed by atoms with Crippen LogP contribution in [0.5, 0.6) is 0 Å². The van der Waals surface area contributed by atoms with E-state index in [4.69, 9.17) is 0 Å². The summed E-state index contributed by atoms with van der Waals surface area (Å²) >= 11 is 0. The van der Waals surface area contributed by atoms with E-state index < -0.39 is 0 Å². The number of nitrogens with one attached hydrogen (secondary N) is 1. The molecule has 2 aromatic heterocycles. The Bertz CT molecular complexity index is 897. The number of anilines is 1. The zero-order valence-electron chi connectivity index (χ0n) is 14.2. The highest BCUT2D eigenvalue weighted by molar-refractivity contribution is 5.68. The third-order valence-corrected chi connectivity index (χ3v) is 4.56. The molecular weight excluding hydrogens is 298 g/mol. The Labute approximate surface area is 141 Å². The number of aryl methyl sites for hydroxylation is 2. The number of hydrogen-bond donors (Lipinski definition) is 1. The van der Waals surface area contributed by atoms with Gasteiger partial charge in [-0.25, -0.2) is 4.98 Å². The summed E-state index contributed by atoms with van der Waals surface area (Å²) in [5.74, 6) is 2.05. The quantitative estimate of drug-likeness (QED) is 0.782. The number of pyridine rings is 1. The van der Waals surface area contributed by atoms with Crippen LogP contribution < -0.4 is 5.32 Å². The molecule has 0 saturated carbocycles. The lowest BCUT2D eigenvalue weighted by Gasteiger charge is -2.13. The first-order valence-corrected chi connectivity index (χ1v) is 8.44. The Balaban J connectivity index is 1.96. The van der Waals surface area contributed by atoms with Crippen molar-refractivity contribution in [2.75, 3.05) is 11.9 Å². The fourth-order valence-corrected chi connectivity index (χ4v) is 3.18. The van der Waals surface area contributed by atoms with Crippen LogP contribution in [0.15, 0.2) is 36.4 Å². The summed E-state index contributed by atoms with van der Waals surface area (Å²) in [5.41, 5.74) is 5.38. The summed E-state index contributed by atoms with van der Waals surface area (Å²) in [6.07, 6.45) is 1.02. The van der Waals surface area contributed by atoms with Gasteiger partial charge >= 0.3 is 0 Å². The van der Waals surface area contributed by atoms with E-state index in [0.29, 0.717) is 0 Å². The van der Waals surface area contributed by atoms with Crippen molar-refractivity contribution in [3.63, 3.8) is 0 Å². The molecule has 3 aromatic rings. The van der Waals surface area contributed by atoms with Gasteiger partial charge in [0.15, 0.2) is 5.82 Å². The number of aromatic nitrogens is 4. The first kappa shape index (κ1) is 14.9. The van der Waals surface area contributed by atoms with Gasteiger partial charge in [-0.1, -0.05) is 26.0 Å². The topological polar surface area (TPSA) is 55.6 Å². The zero-order valence-corrected chi connectivity index (χ0v) is 14.2. The van der Waals surface area contributed by atoms with E-state index in [1.54, 1.807) is 0 Å². The van der Waals surface area contributed by atoms with Crippen molar-refractivity contribution in [1.82, 2.24) is 19.7 Å². The summed E-state index contributed by atoms with van der Waals surface area (Å²) in [7, 11) is 0. The molecule has 1 aliphatic heterocycles. The highest BCUT2D eigenvalue weighted by atomic mass is 15.3. The van der Waals surface area contributed by atoms with Crippen molar-refractivity contribution in [2.45, 2.75) is 33.1 Å². The van der Waals surface area contributed by atoms with Crippen LogP contribution in [0.2, 0.25) is 0 Å². The normalized spacial score (nSPS) is 16.0. The average Bonchev–Trinajstić information content (AvgIpc) is 2.99. The first-order chi connectivity index (χ1) is 11.7. The summed E-state index contributed by atoms with van der Waals surface area (Å²) in [6, 6.07) is 12.6. The van der Waals surface area contributed by atoms with E-state index in [1.807, 2.05) is 25.1 Å². The highest BCUT2D eigenvalue weighted by Crippen LogP contribution is 2.33. The van der Waals surface area contributed by atoms with Gasteiger partial charge in [0.05, 0.1) is 11.4 Å². The Morgan fingerprint density at radius 2 is 2.08 bits per heavy atom. The molecular formula is C19H21N5. The monoisotopic (exact) mass is 319 g/mol. The van der Waals surface area contributed by atoms with E-state index in [2.05, 4.69) is 57.1 Å². The smallest absolute Gasteiger partial charge is 0.187 e. The van der Waals surface area contributed by atoms with Gasteiger partial charge < -0.3 is 5.32 Å². The van der Waals surface area contributed by atoms with Crippen molar-refractivity contribution in [3.05, 3.63) is 53.5 Å². The molecule has 1 unspecified atom stereocenters. The second kappa shape index (κ2) is 5.74. The molecule has 0 aliphatic carbocycles. The fraction of sp³-hybridized carbons (Fsp3) is 0.316. The molecule has 5 nitrogen and oxygen atoms in total. The predicted octanol–water partition coefficient (Wildman–Crippen LogP) is 3.73. The summed E-state index contributed by atoms with van der Waals surface area (Å²) in [4.78, 5) is 4.64. The number of benzene rings is 1. The number of hydrogen-bond acceptors (Lipinski definition) is 4. The Morgan fingerprint density at radius 1 is 1.21 bits per heavy atom. The van der Waals surface area contributed by atoms with Crippen LogP contribution >= 0.6 is 0 Å². The first-order valence-electron chi connectivity index (χ1n) is 8.44. The molecule has 3 heterocycles. The standard InChI is InChI=1S/C19H21N5/c1-4-14-8-9-17-16(10-14)20-11-12(2)18-22-23-19(24(17)18)15-7-5-6-13(3)21-15/h5-10,12,20H,4,11H2,1-3H3. The zero-order chi connectivity index (χ0) is 16.7. The van der Waals surface area contributed by atoms with Gasteiger partial charge in [-0.15, -0.1) is 10.2 Å². The van der Waals surface area contributed by atoms with Crippen LogP contribution in [-0.2, 0) is 6.42 Å². The molecule has 0 amide bonds. The molecule has 1 aromatic carbocycles. The summed E-state index contributed by atoms with van der Waals surface area (Å²) < 4.78 is 2.15. The van der Waals surface area contributed by atoms with Crippen LogP contribution in [0.25, 0.3) is 17.2 Å². The molecule has 1 aliphatic rings. The van der Waals surface area contributed by atoms with Crippen molar-refractivity contribution < 1.29 is 0 Å². The van der Waals surface area contributed by atoms with Crippen LogP contribution in [0, 0.1) is 6.92 Å². The van der Waals surface area contributed by atoms with Gasteiger partial charge in [0.1, 0.15) is 11.5 Å². The minimum atomic E-state index is 0.272. The third kappa shape index (κ3) is 2.37. The van der Waals surface area contributed by atoms with Crippen molar-refractivity contribution in [3.8, 4) is 17.2 Å². The molecule has 1 N–H and O–H groups in total. The second-order valence-corrected chi connectivity index (χ2v) is 6.37. The Hall–Kier alpha value is -2.69. The number of nitrogens with zero attached hydrogens (tertiary/aromatic N) is 4. The minimum Gasteiger partial charge on any atom is -0.383 e. The lowest BCUT2D eigenvalue weighted by molar-refractivity contribution is 0.725. The highest BCUT2D eigenvalue weighted by Gasteiger charge is 2.25. The van der Waals surface area contributed by atoms with E-state index in [0.717, 1.165) is 47.4 Å². The van der Waals surface area contributed by atoms with Crippen molar-refractivity contribution in [1.29, 1.82) is 0 Å². The lowest BCUT2D eigenvalue weighted by atomic mass is 10.1. The molecule has 24 heavy (non-hydrogen) atoms. The molecule has 0 spiro atoms. The van der Waals surface area contributed by atoms with Crippen LogP contribution in [0.3, 0.4) is 0 Å². The van der Waals surface area contributed by atoms with Gasteiger partial charge in [0.25, 0.3) is 0 Å². The SMILES string of the molecule is CCc1ccc2c(c1)NCC(C)c1nnc(-c3cccc(C)n3)n1-2. The molecule has 5 heteroatoms. The predicted molar refractivity (Wildman–Crippen MR) is 95.6 cm³/mol. The van der Waals surface area contributed by atoms with Crippen LogP contribution in [-0.4, -0.2) is 26.3 Å². The van der Waals surface area contributed by atoms with Gasteiger partial charge in [-0.2, -0.15) is 0 Å². The molecule has 0 saturated heterocycles. The Kier molecular flexibility index (Phi) is 3.56. The molecule has 1 atom stereocenters. The van der Waals surface area contributed by atoms with E-state index in [1.165, 1.54) is 5.56 Å². The molecule has 0 fully saturated rings. The summed E-state index contributed by atoms with van der Waals surface area (Å²) in [5, 5.41) is 12.5. The van der Waals surface area contributed by atoms with Gasteiger partial charge in [0, 0.05) is 18.2 Å². The van der Waals surface area contributed by atoms with Crippen molar-refractivity contribution in [2.24, 2.45) is 0 Å². The molecule has 122 valence electrons.